The van der Waals surface area contributed by atoms with E-state index < -0.39 is 5.97 Å². The maximum absolute atomic E-state index is 10.7. The van der Waals surface area contributed by atoms with Crippen LogP contribution in [0.25, 0.3) is 0 Å². The van der Waals surface area contributed by atoms with E-state index in [2.05, 4.69) is 0 Å². The zero-order valence-electron chi connectivity index (χ0n) is 11.7. The average Bonchev–Trinajstić information content (AvgIpc) is 2.41. The second-order valence-corrected chi connectivity index (χ2v) is 4.98. The van der Waals surface area contributed by atoms with Crippen molar-refractivity contribution < 1.29 is 14.6 Å². The van der Waals surface area contributed by atoms with Gasteiger partial charge in [-0.1, -0.05) is 36.8 Å². The lowest BCUT2D eigenvalue weighted by molar-refractivity contribution is -0.137. The van der Waals surface area contributed by atoms with E-state index in [1.165, 1.54) is 5.56 Å². The van der Waals surface area contributed by atoms with Gasteiger partial charge in [-0.05, 0) is 42.7 Å². The number of carbonyl (C=O) groups is 1. The Morgan fingerprint density at radius 2 is 1.55 bits per heavy atom. The first kappa shape index (κ1) is 14.1. The second kappa shape index (κ2) is 6.24. The van der Waals surface area contributed by atoms with E-state index in [9.17, 15) is 4.79 Å². The number of rotatable bonds is 5. The molecule has 0 aliphatic carbocycles. The summed E-state index contributed by atoms with van der Waals surface area (Å²) in [6.07, 6.45) is 0.137. The Labute approximate surface area is 118 Å². The Morgan fingerprint density at radius 3 is 2.05 bits per heavy atom. The number of hydrogen-bond donors (Lipinski definition) is 1. The Morgan fingerprint density at radius 1 is 1.05 bits per heavy atom. The molecule has 0 heterocycles. The molecule has 1 N–H and O–H groups in total. The molecule has 0 saturated heterocycles. The fraction of sp³-hybridized carbons (Fsp3) is 0.235. The van der Waals surface area contributed by atoms with Crippen molar-refractivity contribution in [2.45, 2.75) is 26.2 Å². The topological polar surface area (TPSA) is 46.5 Å². The zero-order valence-corrected chi connectivity index (χ0v) is 11.7. The van der Waals surface area contributed by atoms with Crippen molar-refractivity contribution in [1.29, 1.82) is 0 Å². The number of hydrogen-bond acceptors (Lipinski definition) is 2. The van der Waals surface area contributed by atoms with Crippen LogP contribution in [0.15, 0.2) is 48.5 Å². The molecule has 1 unspecified atom stereocenters. The first-order chi connectivity index (χ1) is 9.54. The van der Waals surface area contributed by atoms with Crippen molar-refractivity contribution in [3.05, 3.63) is 59.7 Å². The van der Waals surface area contributed by atoms with Gasteiger partial charge < -0.3 is 9.84 Å². The molecule has 1 atom stereocenters. The normalized spacial score (nSPS) is 11.9. The van der Waals surface area contributed by atoms with Gasteiger partial charge in [0.2, 0.25) is 0 Å². The summed E-state index contributed by atoms with van der Waals surface area (Å²) < 4.78 is 5.73. The number of benzene rings is 2. The lowest BCUT2D eigenvalue weighted by Gasteiger charge is -2.11. The number of aliphatic carboxylic acids is 1. The first-order valence-electron chi connectivity index (χ1n) is 6.61. The molecule has 2 rings (SSSR count). The largest absolute Gasteiger partial charge is 0.481 e. The SMILES string of the molecule is Cc1ccc(Oc2ccc(C(C)CC(=O)O)cc2)cc1. The number of carboxylic acids is 1. The summed E-state index contributed by atoms with van der Waals surface area (Å²) in [5, 5.41) is 8.79. The second-order valence-electron chi connectivity index (χ2n) is 4.98. The zero-order chi connectivity index (χ0) is 14.5. The smallest absolute Gasteiger partial charge is 0.303 e. The summed E-state index contributed by atoms with van der Waals surface area (Å²) in [6.45, 7) is 3.94. The van der Waals surface area contributed by atoms with Gasteiger partial charge in [-0.15, -0.1) is 0 Å². The van der Waals surface area contributed by atoms with Crippen molar-refractivity contribution in [2.24, 2.45) is 0 Å². The molecule has 0 fully saturated rings. The van der Waals surface area contributed by atoms with Gasteiger partial charge in [-0.25, -0.2) is 0 Å². The van der Waals surface area contributed by atoms with Crippen LogP contribution in [0.2, 0.25) is 0 Å². The molecular formula is C17H18O3. The molecule has 3 nitrogen and oxygen atoms in total. The monoisotopic (exact) mass is 270 g/mol. The molecule has 3 heteroatoms. The molecular weight excluding hydrogens is 252 g/mol. The minimum absolute atomic E-state index is 0.000856. The summed E-state index contributed by atoms with van der Waals surface area (Å²) in [5.41, 5.74) is 2.19. The highest BCUT2D eigenvalue weighted by Crippen LogP contribution is 2.25. The third-order valence-electron chi connectivity index (χ3n) is 3.19. The van der Waals surface area contributed by atoms with E-state index in [4.69, 9.17) is 9.84 Å². The average molecular weight is 270 g/mol. The molecule has 0 aliphatic rings. The van der Waals surface area contributed by atoms with Crippen molar-refractivity contribution >= 4 is 5.97 Å². The van der Waals surface area contributed by atoms with E-state index in [1.807, 2.05) is 62.4 Å². The molecule has 0 aliphatic heterocycles. The van der Waals surface area contributed by atoms with Crippen LogP contribution in [0.1, 0.15) is 30.4 Å². The third-order valence-corrected chi connectivity index (χ3v) is 3.19. The van der Waals surface area contributed by atoms with Crippen LogP contribution in [0, 0.1) is 6.92 Å². The Kier molecular flexibility index (Phi) is 4.41. The van der Waals surface area contributed by atoms with Crippen molar-refractivity contribution in [3.8, 4) is 11.5 Å². The molecule has 0 amide bonds. The van der Waals surface area contributed by atoms with Gasteiger partial charge in [0.25, 0.3) is 0 Å². The third kappa shape index (κ3) is 3.85. The van der Waals surface area contributed by atoms with Gasteiger partial charge in [0, 0.05) is 0 Å². The maximum atomic E-state index is 10.7. The van der Waals surface area contributed by atoms with Crippen LogP contribution in [-0.4, -0.2) is 11.1 Å². The van der Waals surface area contributed by atoms with Gasteiger partial charge in [-0.3, -0.25) is 4.79 Å². The molecule has 0 saturated carbocycles. The van der Waals surface area contributed by atoms with E-state index in [-0.39, 0.29) is 12.3 Å². The lowest BCUT2D eigenvalue weighted by Crippen LogP contribution is -2.02. The van der Waals surface area contributed by atoms with Gasteiger partial charge in [-0.2, -0.15) is 0 Å². The minimum atomic E-state index is -0.780. The van der Waals surface area contributed by atoms with Crippen molar-refractivity contribution in [2.75, 3.05) is 0 Å². The van der Waals surface area contributed by atoms with Crippen LogP contribution in [0.3, 0.4) is 0 Å². The highest BCUT2D eigenvalue weighted by molar-refractivity contribution is 5.68. The van der Waals surface area contributed by atoms with E-state index in [1.54, 1.807) is 0 Å². The lowest BCUT2D eigenvalue weighted by atomic mass is 9.98. The van der Waals surface area contributed by atoms with Gasteiger partial charge in [0.15, 0.2) is 0 Å². The molecule has 0 spiro atoms. The van der Waals surface area contributed by atoms with Gasteiger partial charge in [0.1, 0.15) is 11.5 Å². The standard InChI is InChI=1S/C17H18O3/c1-12-3-7-15(8-4-12)20-16-9-5-14(6-10-16)13(2)11-17(18)19/h3-10,13H,11H2,1-2H3,(H,18,19). The van der Waals surface area contributed by atoms with Crippen LogP contribution in [0.5, 0.6) is 11.5 Å². The Balaban J connectivity index is 2.04. The van der Waals surface area contributed by atoms with Gasteiger partial charge >= 0.3 is 5.97 Å². The predicted molar refractivity (Wildman–Crippen MR) is 78.4 cm³/mol. The summed E-state index contributed by atoms with van der Waals surface area (Å²) in [5.74, 6) is 0.764. The fourth-order valence-electron chi connectivity index (χ4n) is 1.99. The highest BCUT2D eigenvalue weighted by Gasteiger charge is 2.10. The van der Waals surface area contributed by atoms with Crippen LogP contribution < -0.4 is 4.74 Å². The van der Waals surface area contributed by atoms with Crippen LogP contribution in [0.4, 0.5) is 0 Å². The summed E-state index contributed by atoms with van der Waals surface area (Å²) in [7, 11) is 0. The Hall–Kier alpha value is -2.29. The molecule has 104 valence electrons. The minimum Gasteiger partial charge on any atom is -0.481 e. The van der Waals surface area contributed by atoms with E-state index in [0.29, 0.717) is 0 Å². The van der Waals surface area contributed by atoms with Gasteiger partial charge in [0.05, 0.1) is 6.42 Å². The number of ether oxygens (including phenoxy) is 1. The molecule has 20 heavy (non-hydrogen) atoms. The van der Waals surface area contributed by atoms with Crippen molar-refractivity contribution in [1.82, 2.24) is 0 Å². The van der Waals surface area contributed by atoms with E-state index in [0.717, 1.165) is 17.1 Å². The molecule has 0 radical (unpaired) electrons. The first-order valence-corrected chi connectivity index (χ1v) is 6.61. The fourth-order valence-corrected chi connectivity index (χ4v) is 1.99. The molecule has 2 aromatic rings. The maximum Gasteiger partial charge on any atom is 0.303 e. The molecule has 2 aromatic carbocycles. The Bertz CT molecular complexity index is 570. The highest BCUT2D eigenvalue weighted by atomic mass is 16.5. The van der Waals surface area contributed by atoms with Crippen LogP contribution in [-0.2, 0) is 4.79 Å². The molecule has 0 aromatic heterocycles. The summed E-state index contributed by atoms with van der Waals surface area (Å²) >= 11 is 0. The summed E-state index contributed by atoms with van der Waals surface area (Å²) in [4.78, 5) is 10.7. The van der Waals surface area contributed by atoms with Crippen LogP contribution >= 0.6 is 0 Å². The predicted octanol–water partition coefficient (Wildman–Crippen LogP) is 4.37. The van der Waals surface area contributed by atoms with E-state index >= 15 is 0 Å². The molecule has 0 bridgehead atoms. The summed E-state index contributed by atoms with van der Waals surface area (Å²) in [6, 6.07) is 15.4. The quantitative estimate of drug-likeness (QED) is 0.877. The van der Waals surface area contributed by atoms with Crippen molar-refractivity contribution in [3.63, 3.8) is 0 Å². The number of carboxylic acid groups (broad SMARTS) is 1. The number of aryl methyl sites for hydroxylation is 1.